The van der Waals surface area contributed by atoms with Crippen molar-refractivity contribution in [1.82, 2.24) is 4.90 Å². The first kappa shape index (κ1) is 20.5. The third-order valence-corrected chi connectivity index (χ3v) is 5.10. The fourth-order valence-corrected chi connectivity index (χ4v) is 3.66. The summed E-state index contributed by atoms with van der Waals surface area (Å²) in [5, 5.41) is 0. The first-order valence-corrected chi connectivity index (χ1v) is 9.30. The van der Waals surface area contributed by atoms with Crippen LogP contribution in [0.15, 0.2) is 60.7 Å². The number of benzene rings is 2. The van der Waals surface area contributed by atoms with Crippen molar-refractivity contribution in [3.63, 3.8) is 0 Å². The molecule has 1 saturated heterocycles. The van der Waals surface area contributed by atoms with Crippen LogP contribution in [0, 0.1) is 0 Å². The molecule has 0 atom stereocenters. The van der Waals surface area contributed by atoms with E-state index in [4.69, 9.17) is 0 Å². The molecular formula is C22H29ClN2O. The predicted molar refractivity (Wildman–Crippen MR) is 111 cm³/mol. The van der Waals surface area contributed by atoms with Gasteiger partial charge in [0.05, 0.1) is 6.42 Å². The number of carbonyl (C=O) groups is 1. The zero-order chi connectivity index (χ0) is 17.6. The molecular weight excluding hydrogens is 344 g/mol. The molecule has 3 rings (SSSR count). The molecule has 2 aromatic rings. The molecule has 3 nitrogen and oxygen atoms in total. The van der Waals surface area contributed by atoms with Crippen molar-refractivity contribution in [3.8, 4) is 0 Å². The zero-order valence-electron chi connectivity index (χ0n) is 15.7. The Bertz CT molecular complexity index is 667. The summed E-state index contributed by atoms with van der Waals surface area (Å²) >= 11 is 0. The van der Waals surface area contributed by atoms with Gasteiger partial charge in [-0.3, -0.25) is 4.79 Å². The first-order valence-electron chi connectivity index (χ1n) is 9.30. The second-order valence-electron chi connectivity index (χ2n) is 7.12. The summed E-state index contributed by atoms with van der Waals surface area (Å²) in [4.78, 5) is 17.7. The van der Waals surface area contributed by atoms with Gasteiger partial charge in [0.15, 0.2) is 0 Å². The minimum absolute atomic E-state index is 0. The summed E-state index contributed by atoms with van der Waals surface area (Å²) in [7, 11) is 0. The number of nitrogens with zero attached hydrogens (tertiary/aromatic N) is 2. The number of halogens is 1. The molecule has 0 unspecified atom stereocenters. The molecule has 0 aliphatic carbocycles. The molecule has 1 amide bonds. The van der Waals surface area contributed by atoms with E-state index in [1.807, 2.05) is 53.4 Å². The number of hydrogen-bond acceptors (Lipinski definition) is 2. The number of likely N-dealkylation sites (tertiary alicyclic amines) is 1. The van der Waals surface area contributed by atoms with E-state index in [1.54, 1.807) is 0 Å². The molecule has 4 heteroatoms. The van der Waals surface area contributed by atoms with E-state index in [1.165, 1.54) is 0 Å². The van der Waals surface area contributed by atoms with E-state index in [2.05, 4.69) is 30.9 Å². The van der Waals surface area contributed by atoms with E-state index < -0.39 is 0 Å². The molecule has 26 heavy (non-hydrogen) atoms. The van der Waals surface area contributed by atoms with Gasteiger partial charge < -0.3 is 9.80 Å². The van der Waals surface area contributed by atoms with Crippen LogP contribution in [0.3, 0.4) is 0 Å². The highest BCUT2D eigenvalue weighted by Crippen LogP contribution is 2.25. The molecule has 0 bridgehead atoms. The van der Waals surface area contributed by atoms with Crippen molar-refractivity contribution in [3.05, 3.63) is 66.2 Å². The maximum Gasteiger partial charge on any atom is 0.231 e. The predicted octanol–water partition coefficient (Wildman–Crippen LogP) is 4.56. The van der Waals surface area contributed by atoms with E-state index in [0.29, 0.717) is 12.5 Å². The van der Waals surface area contributed by atoms with E-state index in [0.717, 1.165) is 37.2 Å². The topological polar surface area (TPSA) is 23.6 Å². The lowest BCUT2D eigenvalue weighted by Gasteiger charge is -2.40. The summed E-state index contributed by atoms with van der Waals surface area (Å²) < 4.78 is 0. The fourth-order valence-electron chi connectivity index (χ4n) is 3.66. The van der Waals surface area contributed by atoms with Crippen LogP contribution < -0.4 is 4.90 Å². The number of amides is 1. The van der Waals surface area contributed by atoms with Crippen LogP contribution in [0.25, 0.3) is 0 Å². The molecule has 0 radical (unpaired) electrons. The van der Waals surface area contributed by atoms with Gasteiger partial charge in [0, 0.05) is 30.9 Å². The van der Waals surface area contributed by atoms with Crippen LogP contribution >= 0.6 is 12.4 Å². The van der Waals surface area contributed by atoms with Crippen LogP contribution in [-0.2, 0) is 11.2 Å². The fraction of sp³-hybridized carbons (Fsp3) is 0.409. The molecule has 2 aromatic carbocycles. The monoisotopic (exact) mass is 372 g/mol. The smallest absolute Gasteiger partial charge is 0.231 e. The summed E-state index contributed by atoms with van der Waals surface area (Å²) in [6.45, 7) is 6.61. The lowest BCUT2D eigenvalue weighted by atomic mass is 10.00. The Morgan fingerprint density at radius 1 is 1.00 bits per heavy atom. The molecule has 1 fully saturated rings. The average Bonchev–Trinajstić information content (AvgIpc) is 2.64. The van der Waals surface area contributed by atoms with E-state index in [-0.39, 0.29) is 24.4 Å². The second-order valence-corrected chi connectivity index (χ2v) is 7.12. The van der Waals surface area contributed by atoms with Crippen molar-refractivity contribution >= 4 is 24.0 Å². The quantitative estimate of drug-likeness (QED) is 0.768. The summed E-state index contributed by atoms with van der Waals surface area (Å²) in [5.41, 5.74) is 2.10. The van der Waals surface area contributed by atoms with Gasteiger partial charge in [-0.2, -0.15) is 0 Å². The van der Waals surface area contributed by atoms with Crippen LogP contribution in [0.5, 0.6) is 0 Å². The minimum atomic E-state index is 0. The molecule has 0 spiro atoms. The third-order valence-electron chi connectivity index (χ3n) is 5.10. The van der Waals surface area contributed by atoms with Crippen LogP contribution in [0.2, 0.25) is 0 Å². The number of para-hydroxylation sites is 1. The van der Waals surface area contributed by atoms with Crippen molar-refractivity contribution in [2.45, 2.75) is 45.2 Å². The van der Waals surface area contributed by atoms with Crippen molar-refractivity contribution in [1.29, 1.82) is 0 Å². The molecule has 1 heterocycles. The number of carbonyl (C=O) groups excluding carboxylic acids is 1. The number of anilines is 1. The summed E-state index contributed by atoms with van der Waals surface area (Å²) in [5.74, 6) is 0.195. The Kier molecular flexibility index (Phi) is 7.67. The molecule has 140 valence electrons. The molecule has 1 aliphatic rings. The van der Waals surface area contributed by atoms with Gasteiger partial charge in [0.25, 0.3) is 0 Å². The van der Waals surface area contributed by atoms with Crippen molar-refractivity contribution in [2.24, 2.45) is 0 Å². The Morgan fingerprint density at radius 2 is 1.54 bits per heavy atom. The maximum absolute atomic E-state index is 13.1. The molecule has 0 saturated carbocycles. The van der Waals surface area contributed by atoms with Gasteiger partial charge in [-0.15, -0.1) is 12.4 Å². The van der Waals surface area contributed by atoms with Crippen LogP contribution in [-0.4, -0.2) is 36.0 Å². The van der Waals surface area contributed by atoms with Crippen molar-refractivity contribution < 1.29 is 4.79 Å². The Labute approximate surface area is 163 Å². The Hall–Kier alpha value is -1.84. The van der Waals surface area contributed by atoms with Gasteiger partial charge >= 0.3 is 0 Å². The molecule has 0 N–H and O–H groups in total. The highest BCUT2D eigenvalue weighted by atomic mass is 35.5. The van der Waals surface area contributed by atoms with Gasteiger partial charge in [0.2, 0.25) is 5.91 Å². The third kappa shape index (κ3) is 5.09. The minimum Gasteiger partial charge on any atom is -0.309 e. The number of hydrogen-bond donors (Lipinski definition) is 0. The second kappa shape index (κ2) is 9.75. The standard InChI is InChI=1S/C22H28N2O.ClH/c1-18(2)23-15-13-21(14-16-23)24(20-11-7-4-8-12-20)22(25)17-19-9-5-3-6-10-19;/h3-12,18,21H,13-17H2,1-2H3;1H. The largest absolute Gasteiger partial charge is 0.309 e. The van der Waals surface area contributed by atoms with E-state index >= 15 is 0 Å². The average molecular weight is 373 g/mol. The normalized spacial score (nSPS) is 15.5. The van der Waals surface area contributed by atoms with Gasteiger partial charge in [-0.05, 0) is 44.4 Å². The number of piperidine rings is 1. The first-order chi connectivity index (χ1) is 12.1. The van der Waals surface area contributed by atoms with Crippen molar-refractivity contribution in [2.75, 3.05) is 18.0 Å². The van der Waals surface area contributed by atoms with Gasteiger partial charge in [0.1, 0.15) is 0 Å². The van der Waals surface area contributed by atoms with Crippen LogP contribution in [0.1, 0.15) is 32.3 Å². The lowest BCUT2D eigenvalue weighted by molar-refractivity contribution is -0.118. The van der Waals surface area contributed by atoms with Gasteiger partial charge in [-0.1, -0.05) is 48.5 Å². The number of rotatable bonds is 5. The highest BCUT2D eigenvalue weighted by Gasteiger charge is 2.29. The SMILES string of the molecule is CC(C)N1CCC(N(C(=O)Cc2ccccc2)c2ccccc2)CC1.Cl. The lowest BCUT2D eigenvalue weighted by Crippen LogP contribution is -2.49. The summed E-state index contributed by atoms with van der Waals surface area (Å²) in [6, 6.07) is 21.0. The van der Waals surface area contributed by atoms with Gasteiger partial charge in [-0.25, -0.2) is 0 Å². The Balaban J connectivity index is 0.00000243. The summed E-state index contributed by atoms with van der Waals surface area (Å²) in [6.07, 6.45) is 2.53. The van der Waals surface area contributed by atoms with Crippen LogP contribution in [0.4, 0.5) is 5.69 Å². The molecule has 0 aromatic heterocycles. The highest BCUT2D eigenvalue weighted by molar-refractivity contribution is 5.95. The van der Waals surface area contributed by atoms with E-state index in [9.17, 15) is 4.79 Å². The maximum atomic E-state index is 13.1. The zero-order valence-corrected chi connectivity index (χ0v) is 16.5. The Morgan fingerprint density at radius 3 is 2.08 bits per heavy atom. The molecule has 1 aliphatic heterocycles.